The maximum atomic E-state index is 14.0. The molecule has 0 aliphatic rings. The molecule has 3 N–H and O–H groups in total. The van der Waals surface area contributed by atoms with E-state index in [1.165, 1.54) is 13.2 Å². The van der Waals surface area contributed by atoms with E-state index in [0.717, 1.165) is 5.69 Å². The van der Waals surface area contributed by atoms with Crippen LogP contribution in [0.2, 0.25) is 0 Å². The Kier molecular flexibility index (Phi) is 3.59. The number of hydrogen-bond donors (Lipinski definition) is 2. The maximum Gasteiger partial charge on any atom is 0.132 e. The summed E-state index contributed by atoms with van der Waals surface area (Å²) in [6, 6.07) is 5.91. The van der Waals surface area contributed by atoms with Crippen LogP contribution in [0.1, 0.15) is 17.3 Å². The SMILES string of the molecule is COc1cccc(F)c1C(NN)c1ccnn1C. The Morgan fingerprint density at radius 2 is 2.22 bits per heavy atom. The van der Waals surface area contributed by atoms with E-state index in [-0.39, 0.29) is 5.82 Å². The summed E-state index contributed by atoms with van der Waals surface area (Å²) in [5.74, 6) is 5.61. The molecule has 1 aromatic carbocycles. The van der Waals surface area contributed by atoms with Gasteiger partial charge in [-0.3, -0.25) is 10.5 Å². The zero-order valence-corrected chi connectivity index (χ0v) is 10.2. The number of nitrogens with zero attached hydrogens (tertiary/aromatic N) is 2. The van der Waals surface area contributed by atoms with Crippen LogP contribution < -0.4 is 16.0 Å². The summed E-state index contributed by atoms with van der Waals surface area (Å²) >= 11 is 0. The largest absolute Gasteiger partial charge is 0.496 e. The highest BCUT2D eigenvalue weighted by Gasteiger charge is 2.23. The maximum absolute atomic E-state index is 14.0. The molecule has 0 amide bonds. The smallest absolute Gasteiger partial charge is 0.132 e. The zero-order chi connectivity index (χ0) is 13.1. The molecule has 0 saturated heterocycles. The van der Waals surface area contributed by atoms with E-state index < -0.39 is 6.04 Å². The summed E-state index contributed by atoms with van der Waals surface area (Å²) in [7, 11) is 3.27. The number of nitrogens with two attached hydrogens (primary N) is 1. The van der Waals surface area contributed by atoms with Crippen LogP contribution in [0.4, 0.5) is 4.39 Å². The van der Waals surface area contributed by atoms with Crippen LogP contribution in [0.15, 0.2) is 30.5 Å². The van der Waals surface area contributed by atoms with Gasteiger partial charge in [-0.25, -0.2) is 9.82 Å². The number of benzene rings is 1. The summed E-state index contributed by atoms with van der Waals surface area (Å²) in [5, 5.41) is 4.05. The fourth-order valence-electron chi connectivity index (χ4n) is 1.96. The average Bonchev–Trinajstić information content (AvgIpc) is 2.79. The van der Waals surface area contributed by atoms with Crippen molar-refractivity contribution in [3.8, 4) is 5.75 Å². The van der Waals surface area contributed by atoms with Crippen LogP contribution in [0.5, 0.6) is 5.75 Å². The number of rotatable bonds is 4. The first kappa shape index (κ1) is 12.5. The molecule has 1 aromatic heterocycles. The van der Waals surface area contributed by atoms with E-state index in [1.807, 2.05) is 0 Å². The van der Waals surface area contributed by atoms with Gasteiger partial charge in [-0.2, -0.15) is 5.10 Å². The highest BCUT2D eigenvalue weighted by atomic mass is 19.1. The van der Waals surface area contributed by atoms with E-state index >= 15 is 0 Å². The van der Waals surface area contributed by atoms with Crippen molar-refractivity contribution < 1.29 is 9.13 Å². The van der Waals surface area contributed by atoms with Gasteiger partial charge in [0.05, 0.1) is 24.4 Å². The van der Waals surface area contributed by atoms with Crippen molar-refractivity contribution in [3.05, 3.63) is 47.5 Å². The Bertz CT molecular complexity index is 541. The number of aromatic nitrogens is 2. The van der Waals surface area contributed by atoms with Gasteiger partial charge in [0.2, 0.25) is 0 Å². The quantitative estimate of drug-likeness (QED) is 0.630. The van der Waals surface area contributed by atoms with Gasteiger partial charge in [0.25, 0.3) is 0 Å². The van der Waals surface area contributed by atoms with E-state index in [2.05, 4.69) is 10.5 Å². The number of methoxy groups -OCH3 is 1. The fourth-order valence-corrected chi connectivity index (χ4v) is 1.96. The molecule has 0 saturated carbocycles. The molecule has 1 unspecified atom stereocenters. The van der Waals surface area contributed by atoms with Gasteiger partial charge in [0.15, 0.2) is 0 Å². The molecule has 0 aliphatic carbocycles. The van der Waals surface area contributed by atoms with Gasteiger partial charge in [-0.05, 0) is 18.2 Å². The van der Waals surface area contributed by atoms with Gasteiger partial charge < -0.3 is 4.74 Å². The van der Waals surface area contributed by atoms with Gasteiger partial charge in [0, 0.05) is 13.2 Å². The monoisotopic (exact) mass is 250 g/mol. The van der Waals surface area contributed by atoms with E-state index in [1.54, 1.807) is 36.1 Å². The molecule has 1 atom stereocenters. The lowest BCUT2D eigenvalue weighted by atomic mass is 10.0. The highest BCUT2D eigenvalue weighted by Crippen LogP contribution is 2.31. The normalized spacial score (nSPS) is 12.4. The first-order chi connectivity index (χ1) is 8.69. The van der Waals surface area contributed by atoms with Gasteiger partial charge in [0.1, 0.15) is 11.6 Å². The topological polar surface area (TPSA) is 65.1 Å². The first-order valence-electron chi connectivity index (χ1n) is 5.45. The zero-order valence-electron chi connectivity index (χ0n) is 10.2. The van der Waals surface area contributed by atoms with Crippen LogP contribution in [-0.2, 0) is 7.05 Å². The Labute approximate surface area is 104 Å². The predicted molar refractivity (Wildman–Crippen MR) is 65.3 cm³/mol. The predicted octanol–water partition coefficient (Wildman–Crippen LogP) is 1.12. The van der Waals surface area contributed by atoms with Crippen LogP contribution in [0.25, 0.3) is 0 Å². The van der Waals surface area contributed by atoms with Crippen LogP contribution in [0.3, 0.4) is 0 Å². The summed E-state index contributed by atoms with van der Waals surface area (Å²) in [6.07, 6.45) is 1.63. The second-order valence-corrected chi connectivity index (χ2v) is 3.84. The van der Waals surface area contributed by atoms with Crippen molar-refractivity contribution in [3.63, 3.8) is 0 Å². The first-order valence-corrected chi connectivity index (χ1v) is 5.45. The summed E-state index contributed by atoms with van der Waals surface area (Å²) in [6.45, 7) is 0. The van der Waals surface area contributed by atoms with Crippen molar-refractivity contribution in [2.24, 2.45) is 12.9 Å². The molecule has 1 heterocycles. The molecule has 96 valence electrons. The Balaban J connectivity index is 2.55. The van der Waals surface area contributed by atoms with Crippen LogP contribution in [-0.4, -0.2) is 16.9 Å². The third-order valence-electron chi connectivity index (χ3n) is 2.84. The fraction of sp³-hybridized carbons (Fsp3) is 0.250. The number of nitrogens with one attached hydrogen (secondary N) is 1. The van der Waals surface area contributed by atoms with Crippen molar-refractivity contribution in [1.29, 1.82) is 0 Å². The molecule has 0 aliphatic heterocycles. The molecule has 6 heteroatoms. The number of hydrogen-bond acceptors (Lipinski definition) is 4. The molecule has 0 radical (unpaired) electrons. The molecule has 0 spiro atoms. The Morgan fingerprint density at radius 3 is 2.78 bits per heavy atom. The lowest BCUT2D eigenvalue weighted by Crippen LogP contribution is -2.31. The summed E-state index contributed by atoms with van der Waals surface area (Å²) in [4.78, 5) is 0. The molecule has 2 rings (SSSR count). The van der Waals surface area contributed by atoms with Gasteiger partial charge in [-0.15, -0.1) is 0 Å². The van der Waals surface area contributed by atoms with Crippen LogP contribution >= 0.6 is 0 Å². The van der Waals surface area contributed by atoms with Gasteiger partial charge in [-0.1, -0.05) is 6.07 Å². The number of aryl methyl sites for hydroxylation is 1. The standard InChI is InChI=1S/C12H15FN4O/c1-17-9(6-7-15-17)12(16-14)11-8(13)4-3-5-10(11)18-2/h3-7,12,16H,14H2,1-2H3. The summed E-state index contributed by atoms with van der Waals surface area (Å²) in [5.41, 5.74) is 3.71. The molecule has 0 fully saturated rings. The number of ether oxygens (including phenoxy) is 1. The minimum absolute atomic E-state index is 0.367. The van der Waals surface area contributed by atoms with Gasteiger partial charge >= 0.3 is 0 Å². The third-order valence-corrected chi connectivity index (χ3v) is 2.84. The van der Waals surface area contributed by atoms with E-state index in [4.69, 9.17) is 10.6 Å². The second kappa shape index (κ2) is 5.16. The second-order valence-electron chi connectivity index (χ2n) is 3.84. The number of halogens is 1. The van der Waals surface area contributed by atoms with Crippen molar-refractivity contribution in [1.82, 2.24) is 15.2 Å². The van der Waals surface area contributed by atoms with Crippen molar-refractivity contribution in [2.75, 3.05) is 7.11 Å². The minimum Gasteiger partial charge on any atom is -0.496 e. The highest BCUT2D eigenvalue weighted by molar-refractivity contribution is 5.41. The Morgan fingerprint density at radius 1 is 1.44 bits per heavy atom. The lowest BCUT2D eigenvalue weighted by molar-refractivity contribution is 0.395. The third kappa shape index (κ3) is 2.07. The molecular weight excluding hydrogens is 235 g/mol. The van der Waals surface area contributed by atoms with Crippen LogP contribution in [0, 0.1) is 5.82 Å². The van der Waals surface area contributed by atoms with E-state index in [0.29, 0.717) is 11.3 Å². The van der Waals surface area contributed by atoms with Crippen molar-refractivity contribution in [2.45, 2.75) is 6.04 Å². The minimum atomic E-state index is -0.520. The molecular formula is C12H15FN4O. The molecule has 18 heavy (non-hydrogen) atoms. The summed E-state index contributed by atoms with van der Waals surface area (Å²) < 4.78 is 20.8. The lowest BCUT2D eigenvalue weighted by Gasteiger charge is -2.19. The Hall–Kier alpha value is -1.92. The van der Waals surface area contributed by atoms with Crippen molar-refractivity contribution >= 4 is 0 Å². The molecule has 5 nitrogen and oxygen atoms in total. The molecule has 0 bridgehead atoms. The average molecular weight is 250 g/mol. The van der Waals surface area contributed by atoms with E-state index in [9.17, 15) is 4.39 Å². The molecule has 2 aromatic rings. The number of hydrazine groups is 1.